The molecule has 0 aliphatic heterocycles. The van der Waals surface area contributed by atoms with Crippen molar-refractivity contribution in [1.29, 1.82) is 0 Å². The molecule has 0 saturated heterocycles. The van der Waals surface area contributed by atoms with Gasteiger partial charge in [0, 0.05) is 23.3 Å². The Labute approximate surface area is 173 Å². The van der Waals surface area contributed by atoms with Gasteiger partial charge in [-0.25, -0.2) is 4.98 Å². The Morgan fingerprint density at radius 1 is 1.03 bits per heavy atom. The summed E-state index contributed by atoms with van der Waals surface area (Å²) in [5.41, 5.74) is 2.29. The van der Waals surface area contributed by atoms with Crippen LogP contribution < -0.4 is 10.1 Å². The van der Waals surface area contributed by atoms with Crippen molar-refractivity contribution >= 4 is 17.2 Å². The number of hydrogen-bond donors (Lipinski definition) is 1. The van der Waals surface area contributed by atoms with Gasteiger partial charge in [0.1, 0.15) is 16.5 Å². The minimum absolute atomic E-state index is 0.206. The molecule has 29 heavy (non-hydrogen) atoms. The molecule has 4 aromatic rings. The third-order valence-electron chi connectivity index (χ3n) is 4.30. The Balaban J connectivity index is 1.49. The minimum Gasteiger partial charge on any atom is -0.457 e. The summed E-state index contributed by atoms with van der Waals surface area (Å²) in [5, 5.41) is 5.82. The van der Waals surface area contributed by atoms with E-state index < -0.39 is 0 Å². The summed E-state index contributed by atoms with van der Waals surface area (Å²) in [4.78, 5) is 21.7. The van der Waals surface area contributed by atoms with Gasteiger partial charge in [0.15, 0.2) is 0 Å². The summed E-state index contributed by atoms with van der Waals surface area (Å²) >= 11 is 1.51. The zero-order chi connectivity index (χ0) is 20.1. The molecule has 6 heteroatoms. The van der Waals surface area contributed by atoms with Crippen LogP contribution in [0.25, 0.3) is 11.3 Å². The zero-order valence-corrected chi connectivity index (χ0v) is 16.6. The molecule has 2 heterocycles. The highest BCUT2D eigenvalue weighted by Gasteiger charge is 2.18. The molecule has 4 rings (SSSR count). The van der Waals surface area contributed by atoms with Gasteiger partial charge in [-0.05, 0) is 43.3 Å². The lowest BCUT2D eigenvalue weighted by Crippen LogP contribution is -2.26. The van der Waals surface area contributed by atoms with E-state index in [-0.39, 0.29) is 11.9 Å². The summed E-state index contributed by atoms with van der Waals surface area (Å²) < 4.78 is 5.90. The highest BCUT2D eigenvalue weighted by Crippen LogP contribution is 2.27. The summed E-state index contributed by atoms with van der Waals surface area (Å²) in [6.07, 6.45) is 3.51. The van der Waals surface area contributed by atoms with E-state index >= 15 is 0 Å². The van der Waals surface area contributed by atoms with Crippen LogP contribution in [0.1, 0.15) is 28.3 Å². The van der Waals surface area contributed by atoms with Crippen LogP contribution in [0, 0.1) is 0 Å². The topological polar surface area (TPSA) is 64.1 Å². The lowest BCUT2D eigenvalue weighted by atomic mass is 10.1. The second-order valence-electron chi connectivity index (χ2n) is 6.42. The van der Waals surface area contributed by atoms with E-state index in [0.717, 1.165) is 16.3 Å². The fraction of sp³-hybridized carbons (Fsp3) is 0.0870. The number of aromatic nitrogens is 2. The van der Waals surface area contributed by atoms with Crippen LogP contribution in [0.4, 0.5) is 0 Å². The highest BCUT2D eigenvalue weighted by molar-refractivity contribution is 7.10. The fourth-order valence-electron chi connectivity index (χ4n) is 2.83. The first-order valence-corrected chi connectivity index (χ1v) is 10.1. The van der Waals surface area contributed by atoms with E-state index in [9.17, 15) is 4.79 Å². The molecule has 0 fully saturated rings. The van der Waals surface area contributed by atoms with Gasteiger partial charge in [0.05, 0.1) is 17.3 Å². The SMILES string of the molecule is CC(NC(=O)c1ccccc1Oc1ccccc1)c1nc(-c2cccnc2)cs1. The number of hydrogen-bond acceptors (Lipinski definition) is 5. The molecule has 0 bridgehead atoms. The predicted octanol–water partition coefficient (Wildman–Crippen LogP) is 5.49. The second kappa shape index (κ2) is 8.67. The Bertz CT molecular complexity index is 1100. The number of ether oxygens (including phenoxy) is 1. The van der Waals surface area contributed by atoms with Gasteiger partial charge in [0.2, 0.25) is 0 Å². The largest absolute Gasteiger partial charge is 0.457 e. The number of benzene rings is 2. The van der Waals surface area contributed by atoms with Crippen molar-refractivity contribution in [1.82, 2.24) is 15.3 Å². The van der Waals surface area contributed by atoms with Crippen LogP contribution in [0.3, 0.4) is 0 Å². The monoisotopic (exact) mass is 401 g/mol. The first-order valence-electron chi connectivity index (χ1n) is 9.19. The van der Waals surface area contributed by atoms with Gasteiger partial charge in [0.25, 0.3) is 5.91 Å². The number of thiazole rings is 1. The Morgan fingerprint density at radius 3 is 2.62 bits per heavy atom. The summed E-state index contributed by atoms with van der Waals surface area (Å²) in [7, 11) is 0. The molecule has 1 atom stereocenters. The average molecular weight is 401 g/mol. The fourth-order valence-corrected chi connectivity index (χ4v) is 3.66. The van der Waals surface area contributed by atoms with Gasteiger partial charge >= 0.3 is 0 Å². The third-order valence-corrected chi connectivity index (χ3v) is 5.33. The van der Waals surface area contributed by atoms with E-state index in [2.05, 4.69) is 15.3 Å². The van der Waals surface area contributed by atoms with Gasteiger partial charge in [-0.1, -0.05) is 30.3 Å². The average Bonchev–Trinajstić information content (AvgIpc) is 3.26. The molecule has 2 aromatic heterocycles. The van der Waals surface area contributed by atoms with E-state index in [0.29, 0.717) is 17.1 Å². The number of nitrogens with zero attached hydrogens (tertiary/aromatic N) is 2. The molecule has 144 valence electrons. The Hall–Kier alpha value is -3.51. The summed E-state index contributed by atoms with van der Waals surface area (Å²) in [5.74, 6) is 0.989. The molecule has 0 spiro atoms. The van der Waals surface area contributed by atoms with E-state index in [1.165, 1.54) is 11.3 Å². The smallest absolute Gasteiger partial charge is 0.255 e. The number of carbonyl (C=O) groups is 1. The van der Waals surface area contributed by atoms with Crippen molar-refractivity contribution in [3.05, 3.63) is 95.1 Å². The summed E-state index contributed by atoms with van der Waals surface area (Å²) in [6.45, 7) is 1.92. The molecule has 0 aliphatic carbocycles. The van der Waals surface area contributed by atoms with Crippen molar-refractivity contribution in [2.75, 3.05) is 0 Å². The van der Waals surface area contributed by atoms with Gasteiger partial charge < -0.3 is 10.1 Å². The molecule has 1 unspecified atom stereocenters. The molecule has 2 aromatic carbocycles. The highest BCUT2D eigenvalue weighted by atomic mass is 32.1. The molecule has 1 amide bonds. The van der Waals surface area contributed by atoms with Crippen LogP contribution >= 0.6 is 11.3 Å². The number of para-hydroxylation sites is 2. The molecule has 1 N–H and O–H groups in total. The standard InChI is InChI=1S/C23H19N3O2S/c1-16(23-26-20(15-29-23)17-8-7-13-24-14-17)25-22(27)19-11-5-6-12-21(19)28-18-9-3-2-4-10-18/h2-16H,1H3,(H,25,27). The predicted molar refractivity (Wildman–Crippen MR) is 114 cm³/mol. The van der Waals surface area contributed by atoms with Crippen LogP contribution in [0.15, 0.2) is 84.5 Å². The molecule has 5 nitrogen and oxygen atoms in total. The van der Waals surface area contributed by atoms with Crippen molar-refractivity contribution < 1.29 is 9.53 Å². The zero-order valence-electron chi connectivity index (χ0n) is 15.8. The van der Waals surface area contributed by atoms with Crippen molar-refractivity contribution in [3.63, 3.8) is 0 Å². The maximum absolute atomic E-state index is 12.9. The normalized spacial score (nSPS) is 11.6. The molecule has 0 aliphatic rings. The third kappa shape index (κ3) is 4.50. The van der Waals surface area contributed by atoms with Crippen LogP contribution in [-0.4, -0.2) is 15.9 Å². The maximum Gasteiger partial charge on any atom is 0.255 e. The van der Waals surface area contributed by atoms with Crippen LogP contribution in [0.2, 0.25) is 0 Å². The van der Waals surface area contributed by atoms with Gasteiger partial charge in [-0.15, -0.1) is 11.3 Å². The van der Waals surface area contributed by atoms with Crippen LogP contribution in [0.5, 0.6) is 11.5 Å². The minimum atomic E-state index is -0.234. The number of rotatable bonds is 6. The van der Waals surface area contributed by atoms with Gasteiger partial charge in [-0.2, -0.15) is 0 Å². The van der Waals surface area contributed by atoms with Crippen molar-refractivity contribution in [3.8, 4) is 22.8 Å². The number of pyridine rings is 1. The van der Waals surface area contributed by atoms with Crippen LogP contribution in [-0.2, 0) is 0 Å². The second-order valence-corrected chi connectivity index (χ2v) is 7.31. The Kier molecular flexibility index (Phi) is 5.63. The lowest BCUT2D eigenvalue weighted by molar-refractivity contribution is 0.0937. The maximum atomic E-state index is 12.9. The Morgan fingerprint density at radius 2 is 1.83 bits per heavy atom. The number of amides is 1. The molecular formula is C23H19N3O2S. The summed E-state index contributed by atoms with van der Waals surface area (Å²) in [6, 6.07) is 20.2. The quantitative estimate of drug-likeness (QED) is 0.464. The number of nitrogens with one attached hydrogen (secondary N) is 1. The molecule has 0 radical (unpaired) electrons. The van der Waals surface area contributed by atoms with E-state index in [1.54, 1.807) is 24.5 Å². The van der Waals surface area contributed by atoms with E-state index in [1.807, 2.05) is 66.9 Å². The molecule has 0 saturated carbocycles. The van der Waals surface area contributed by atoms with Crippen molar-refractivity contribution in [2.24, 2.45) is 0 Å². The molecular weight excluding hydrogens is 382 g/mol. The first-order chi connectivity index (χ1) is 14.2. The van der Waals surface area contributed by atoms with Crippen molar-refractivity contribution in [2.45, 2.75) is 13.0 Å². The first kappa shape index (κ1) is 18.8. The number of carbonyl (C=O) groups excluding carboxylic acids is 1. The van der Waals surface area contributed by atoms with E-state index in [4.69, 9.17) is 4.74 Å². The van der Waals surface area contributed by atoms with Gasteiger partial charge in [-0.3, -0.25) is 9.78 Å². The lowest BCUT2D eigenvalue weighted by Gasteiger charge is -2.14.